The van der Waals surface area contributed by atoms with Crippen LogP contribution in [0, 0.1) is 11.8 Å². The van der Waals surface area contributed by atoms with Gasteiger partial charge in [-0.05, 0) is 68.5 Å². The molecule has 0 aliphatic carbocycles. The van der Waals surface area contributed by atoms with Gasteiger partial charge < -0.3 is 16.4 Å². The Morgan fingerprint density at radius 2 is 1.57 bits per heavy atom. The third kappa shape index (κ3) is 11.3. The van der Waals surface area contributed by atoms with Crippen molar-refractivity contribution in [2.24, 2.45) is 5.73 Å². The number of nitrogens with two attached hydrogens (primary N) is 1. The predicted octanol–water partition coefficient (Wildman–Crippen LogP) is 2.74. The van der Waals surface area contributed by atoms with E-state index in [9.17, 15) is 14.4 Å². The number of amides is 3. The molecule has 200 valence electrons. The number of nitrogens with one attached hydrogen (secondary N) is 3. The normalized spacial score (nSPS) is 10.9. The monoisotopic (exact) mass is 509 g/mol. The molecule has 0 radical (unpaired) electrons. The summed E-state index contributed by atoms with van der Waals surface area (Å²) in [6, 6.07) is 12.8. The van der Waals surface area contributed by atoms with Crippen LogP contribution in [0.5, 0.6) is 0 Å². The lowest BCUT2D eigenvalue weighted by Gasteiger charge is -2.16. The van der Waals surface area contributed by atoms with E-state index >= 15 is 0 Å². The molecule has 0 unspecified atom stereocenters. The van der Waals surface area contributed by atoms with Gasteiger partial charge in [-0.1, -0.05) is 45.5 Å². The van der Waals surface area contributed by atoms with Crippen LogP contribution in [-0.2, 0) is 9.59 Å². The number of carbonyl (C=O) groups is 3. The molecule has 0 bridgehead atoms. The molecule has 0 aromatic heterocycles. The van der Waals surface area contributed by atoms with Crippen LogP contribution >= 0.6 is 0 Å². The van der Waals surface area contributed by atoms with Gasteiger partial charge in [0.05, 0.1) is 6.54 Å². The van der Waals surface area contributed by atoms with Gasteiger partial charge in [-0.2, -0.15) is 0 Å². The number of hydroxylamine groups is 1. The molecule has 2 rings (SSSR count). The zero-order valence-electron chi connectivity index (χ0n) is 20.8. The van der Waals surface area contributed by atoms with Gasteiger partial charge in [0.2, 0.25) is 5.91 Å². The number of anilines is 1. The zero-order valence-corrected chi connectivity index (χ0v) is 20.8. The fourth-order valence-electron chi connectivity index (χ4n) is 3.37. The first-order valence-electron chi connectivity index (χ1n) is 12.0. The Labute approximate surface area is 219 Å². The summed E-state index contributed by atoms with van der Waals surface area (Å²) in [5, 5.41) is 14.0. The highest BCUT2D eigenvalue weighted by Crippen LogP contribution is 2.10. The highest BCUT2D eigenvalue weighted by molar-refractivity contribution is 5.97. The second kappa shape index (κ2) is 16.9. The van der Waals surface area contributed by atoms with Crippen molar-refractivity contribution in [2.45, 2.75) is 46.1 Å². The first-order chi connectivity index (χ1) is 17.4. The summed E-state index contributed by atoms with van der Waals surface area (Å²) in [4.78, 5) is 38.0. The average Bonchev–Trinajstić information content (AvgIpc) is 2.89. The predicted molar refractivity (Wildman–Crippen MR) is 146 cm³/mol. The summed E-state index contributed by atoms with van der Waals surface area (Å²) in [5.74, 6) is 4.75. The van der Waals surface area contributed by atoms with Crippen LogP contribution in [0.1, 0.15) is 61.5 Å². The Morgan fingerprint density at radius 1 is 0.973 bits per heavy atom. The molecule has 0 aliphatic rings. The third-order valence-corrected chi connectivity index (χ3v) is 5.44. The maximum atomic E-state index is 12.3. The number of likely N-dealkylation sites (N-methyl/N-ethyl adjacent to an activating group) is 1. The highest BCUT2D eigenvalue weighted by atomic mass is 16.5. The van der Waals surface area contributed by atoms with Crippen molar-refractivity contribution in [3.8, 4) is 11.8 Å². The summed E-state index contributed by atoms with van der Waals surface area (Å²) in [5.41, 5.74) is 9.44. The molecule has 37 heavy (non-hydrogen) atoms. The Bertz CT molecular complexity index is 1060. The van der Waals surface area contributed by atoms with Crippen LogP contribution < -0.4 is 21.8 Å². The average molecular weight is 510 g/mol. The van der Waals surface area contributed by atoms with Gasteiger partial charge in [-0.15, -0.1) is 0 Å². The minimum Gasteiger partial charge on any atom is -0.339 e. The SMILES string of the molecule is C.CCCCCCN(C)CC(=O)Nc1ccc(C#Cc2ccc(C(=O)N[C@@H](CN)C(=O)NO)cc2)cc1. The van der Waals surface area contributed by atoms with E-state index in [1.54, 1.807) is 24.3 Å². The topological polar surface area (TPSA) is 137 Å². The molecule has 0 spiro atoms. The third-order valence-electron chi connectivity index (χ3n) is 5.44. The summed E-state index contributed by atoms with van der Waals surface area (Å²) >= 11 is 0. The first kappa shape index (κ1) is 31.3. The van der Waals surface area contributed by atoms with E-state index in [1.165, 1.54) is 24.7 Å². The molecule has 3 amide bonds. The van der Waals surface area contributed by atoms with E-state index in [1.807, 2.05) is 36.2 Å². The minimum atomic E-state index is -1.04. The van der Waals surface area contributed by atoms with Crippen LogP contribution in [0.15, 0.2) is 48.5 Å². The van der Waals surface area contributed by atoms with Gasteiger partial charge in [-0.25, -0.2) is 5.48 Å². The molecule has 0 heterocycles. The number of hydrogen-bond donors (Lipinski definition) is 5. The quantitative estimate of drug-likeness (QED) is 0.129. The highest BCUT2D eigenvalue weighted by Gasteiger charge is 2.19. The minimum absolute atomic E-state index is 0. The lowest BCUT2D eigenvalue weighted by molar-refractivity contribution is -0.130. The van der Waals surface area contributed by atoms with E-state index in [4.69, 9.17) is 10.9 Å². The van der Waals surface area contributed by atoms with E-state index in [0.717, 1.165) is 18.5 Å². The molecular formula is C28H39N5O4. The van der Waals surface area contributed by atoms with Gasteiger partial charge in [0, 0.05) is 28.9 Å². The molecule has 1 atom stereocenters. The molecule has 0 saturated heterocycles. The van der Waals surface area contributed by atoms with Crippen molar-refractivity contribution < 1.29 is 19.6 Å². The molecule has 0 aliphatic heterocycles. The van der Waals surface area contributed by atoms with Crippen molar-refractivity contribution >= 4 is 23.4 Å². The summed E-state index contributed by atoms with van der Waals surface area (Å²) in [7, 11) is 1.95. The number of hydrogen-bond acceptors (Lipinski definition) is 6. The standard InChI is InChI=1S/C27H35N5O4.CH4/c1-3-4-5-6-17-32(2)19-25(33)29-23-15-11-21(12-16-23)8-7-20-9-13-22(14-10-20)26(34)30-24(18-28)27(35)31-36;/h9-16,24,36H,3-6,17-19,28H2,1-2H3,(H,29,33)(H,30,34)(H,31,35);1H4/t24-;/m0./s1. The fourth-order valence-corrected chi connectivity index (χ4v) is 3.37. The van der Waals surface area contributed by atoms with Crippen molar-refractivity contribution in [3.05, 3.63) is 65.2 Å². The maximum Gasteiger partial charge on any atom is 0.267 e. The lowest BCUT2D eigenvalue weighted by atomic mass is 10.1. The van der Waals surface area contributed by atoms with Gasteiger partial charge in [0.25, 0.3) is 11.8 Å². The number of unbranched alkanes of at least 4 members (excludes halogenated alkanes) is 3. The van der Waals surface area contributed by atoms with Gasteiger partial charge in [0.1, 0.15) is 6.04 Å². The summed E-state index contributed by atoms with van der Waals surface area (Å²) < 4.78 is 0. The van der Waals surface area contributed by atoms with Gasteiger partial charge in [-0.3, -0.25) is 24.5 Å². The molecular weight excluding hydrogens is 470 g/mol. The molecule has 2 aromatic rings. The number of carbonyl (C=O) groups excluding carboxylic acids is 3. The molecule has 9 nitrogen and oxygen atoms in total. The van der Waals surface area contributed by atoms with Crippen molar-refractivity contribution in [3.63, 3.8) is 0 Å². The van der Waals surface area contributed by atoms with E-state index < -0.39 is 17.9 Å². The van der Waals surface area contributed by atoms with Crippen LogP contribution in [-0.4, -0.2) is 60.6 Å². The van der Waals surface area contributed by atoms with Gasteiger partial charge >= 0.3 is 0 Å². The Balaban J connectivity index is 0.00000684. The van der Waals surface area contributed by atoms with E-state index in [-0.39, 0.29) is 19.9 Å². The van der Waals surface area contributed by atoms with E-state index in [0.29, 0.717) is 23.4 Å². The maximum absolute atomic E-state index is 12.3. The summed E-state index contributed by atoms with van der Waals surface area (Å²) in [6.07, 6.45) is 4.70. The largest absolute Gasteiger partial charge is 0.339 e. The Morgan fingerprint density at radius 3 is 2.11 bits per heavy atom. The van der Waals surface area contributed by atoms with Crippen LogP contribution in [0.4, 0.5) is 5.69 Å². The Kier molecular flexibility index (Phi) is 14.3. The molecule has 0 fully saturated rings. The number of rotatable bonds is 12. The summed E-state index contributed by atoms with van der Waals surface area (Å²) in [6.45, 7) is 3.28. The number of benzene rings is 2. The van der Waals surface area contributed by atoms with Crippen LogP contribution in [0.25, 0.3) is 0 Å². The lowest BCUT2D eigenvalue weighted by Crippen LogP contribution is -2.50. The second-order valence-corrected chi connectivity index (χ2v) is 8.49. The molecule has 0 saturated carbocycles. The van der Waals surface area contributed by atoms with E-state index in [2.05, 4.69) is 29.4 Å². The molecule has 2 aromatic carbocycles. The van der Waals surface area contributed by atoms with Crippen LogP contribution in [0.3, 0.4) is 0 Å². The van der Waals surface area contributed by atoms with Crippen molar-refractivity contribution in [1.82, 2.24) is 15.7 Å². The Hall–Kier alpha value is -3.71. The van der Waals surface area contributed by atoms with Crippen molar-refractivity contribution in [1.29, 1.82) is 0 Å². The zero-order chi connectivity index (χ0) is 26.3. The fraction of sp³-hybridized carbons (Fsp3) is 0.393. The first-order valence-corrected chi connectivity index (χ1v) is 12.0. The van der Waals surface area contributed by atoms with Crippen molar-refractivity contribution in [2.75, 3.05) is 32.0 Å². The molecule has 6 N–H and O–H groups in total. The number of nitrogens with zero attached hydrogens (tertiary/aromatic N) is 1. The smallest absolute Gasteiger partial charge is 0.267 e. The van der Waals surface area contributed by atoms with Gasteiger partial charge in [0.15, 0.2) is 0 Å². The van der Waals surface area contributed by atoms with Crippen LogP contribution in [0.2, 0.25) is 0 Å². The molecule has 9 heteroatoms. The second-order valence-electron chi connectivity index (χ2n) is 8.49.